The summed E-state index contributed by atoms with van der Waals surface area (Å²) in [5, 5.41) is 9.98. The lowest BCUT2D eigenvalue weighted by atomic mass is 9.85. The average Bonchev–Trinajstić information content (AvgIpc) is 2.16. The van der Waals surface area contributed by atoms with Crippen LogP contribution in [0.2, 0.25) is 0 Å². The number of alkyl halides is 1. The van der Waals surface area contributed by atoms with E-state index in [-0.39, 0.29) is 0 Å². The molecule has 0 aromatic carbocycles. The largest absolute Gasteiger partial charge is 0.396 e. The summed E-state index contributed by atoms with van der Waals surface area (Å²) < 4.78 is 13.4. The van der Waals surface area contributed by atoms with Crippen LogP contribution in [0.4, 0.5) is 4.39 Å². The van der Waals surface area contributed by atoms with Crippen molar-refractivity contribution in [1.82, 2.24) is 5.32 Å². The molecule has 0 saturated heterocycles. The molecule has 1 aliphatic rings. The molecule has 0 bridgehead atoms. The van der Waals surface area contributed by atoms with Gasteiger partial charge in [0, 0.05) is 18.5 Å². The summed E-state index contributed by atoms with van der Waals surface area (Å²) in [5.74, 6) is 0. The smallest absolute Gasteiger partial charge is 0.108 e. The minimum Gasteiger partial charge on any atom is -0.396 e. The van der Waals surface area contributed by atoms with Crippen LogP contribution in [0.3, 0.4) is 0 Å². The van der Waals surface area contributed by atoms with Crippen LogP contribution in [-0.2, 0) is 0 Å². The third-order valence-corrected chi connectivity index (χ3v) is 2.68. The predicted molar refractivity (Wildman–Crippen MR) is 56.0 cm³/mol. The maximum absolute atomic E-state index is 13.4. The number of hydrogen-bond acceptors (Lipinski definition) is 3. The van der Waals surface area contributed by atoms with Crippen molar-refractivity contribution in [1.29, 1.82) is 5.41 Å². The standard InChI is InChI=1S/C10H18FN3/c1-10(11)4-2-9(3-5-10)14-7-8(13)6-12/h6-7,9,12,14H,2-5,13H2,1H3/b8-7+,12-6?. The van der Waals surface area contributed by atoms with E-state index < -0.39 is 5.67 Å². The second-order valence-electron chi connectivity index (χ2n) is 4.14. The first kappa shape index (κ1) is 11.0. The van der Waals surface area contributed by atoms with Crippen molar-refractivity contribution in [3.05, 3.63) is 11.9 Å². The van der Waals surface area contributed by atoms with Crippen molar-refractivity contribution in [2.45, 2.75) is 44.3 Å². The zero-order valence-corrected chi connectivity index (χ0v) is 8.52. The summed E-state index contributed by atoms with van der Waals surface area (Å²) in [4.78, 5) is 0. The molecule has 1 fully saturated rings. The number of rotatable bonds is 3. The van der Waals surface area contributed by atoms with Gasteiger partial charge in [-0.15, -0.1) is 0 Å². The Morgan fingerprint density at radius 3 is 2.64 bits per heavy atom. The maximum atomic E-state index is 13.4. The van der Waals surface area contributed by atoms with Crippen LogP contribution in [0, 0.1) is 5.41 Å². The summed E-state index contributed by atoms with van der Waals surface area (Å²) in [5.41, 5.74) is 4.84. The number of nitrogens with two attached hydrogens (primary N) is 1. The van der Waals surface area contributed by atoms with E-state index in [1.807, 2.05) is 0 Å². The molecule has 0 heterocycles. The number of nitrogens with one attached hydrogen (secondary N) is 2. The lowest BCUT2D eigenvalue weighted by molar-refractivity contribution is 0.116. The van der Waals surface area contributed by atoms with Crippen molar-refractivity contribution in [2.75, 3.05) is 0 Å². The molecule has 0 amide bonds. The van der Waals surface area contributed by atoms with Gasteiger partial charge in [0.15, 0.2) is 0 Å². The molecule has 0 aliphatic heterocycles. The zero-order chi connectivity index (χ0) is 10.6. The van der Waals surface area contributed by atoms with Crippen LogP contribution in [0.1, 0.15) is 32.6 Å². The molecular formula is C10H18FN3. The van der Waals surface area contributed by atoms with Gasteiger partial charge in [0.1, 0.15) is 5.67 Å². The summed E-state index contributed by atoms with van der Waals surface area (Å²) in [6, 6.07) is 0.303. The Kier molecular flexibility index (Phi) is 3.49. The van der Waals surface area contributed by atoms with Gasteiger partial charge in [-0.05, 0) is 32.6 Å². The van der Waals surface area contributed by atoms with Crippen molar-refractivity contribution in [3.8, 4) is 0 Å². The summed E-state index contributed by atoms with van der Waals surface area (Å²) in [7, 11) is 0. The highest BCUT2D eigenvalue weighted by Gasteiger charge is 2.29. The SMILES string of the molecule is CC1(F)CCC(N/C=C(/N)C=N)CC1. The quantitative estimate of drug-likeness (QED) is 0.606. The molecule has 80 valence electrons. The van der Waals surface area contributed by atoms with Gasteiger partial charge < -0.3 is 16.5 Å². The van der Waals surface area contributed by atoms with E-state index in [0.717, 1.165) is 19.1 Å². The van der Waals surface area contributed by atoms with Crippen LogP contribution in [0.25, 0.3) is 0 Å². The van der Waals surface area contributed by atoms with Gasteiger partial charge in [-0.3, -0.25) is 0 Å². The predicted octanol–water partition coefficient (Wildman–Crippen LogP) is 1.70. The van der Waals surface area contributed by atoms with Crippen LogP contribution in [0.15, 0.2) is 11.9 Å². The van der Waals surface area contributed by atoms with Gasteiger partial charge in [-0.1, -0.05) is 0 Å². The Hall–Kier alpha value is -1.06. The Labute approximate surface area is 84.1 Å². The lowest BCUT2D eigenvalue weighted by Gasteiger charge is -2.31. The molecule has 0 unspecified atom stereocenters. The summed E-state index contributed by atoms with van der Waals surface area (Å²) in [6.07, 6.45) is 5.57. The number of halogens is 1. The highest BCUT2D eigenvalue weighted by atomic mass is 19.1. The second kappa shape index (κ2) is 4.44. The highest BCUT2D eigenvalue weighted by molar-refractivity contribution is 5.73. The number of hydrogen-bond donors (Lipinski definition) is 3. The second-order valence-corrected chi connectivity index (χ2v) is 4.14. The van der Waals surface area contributed by atoms with Crippen molar-refractivity contribution in [2.24, 2.45) is 5.73 Å². The minimum atomic E-state index is -0.991. The maximum Gasteiger partial charge on any atom is 0.108 e. The molecule has 4 heteroatoms. The first-order valence-corrected chi connectivity index (χ1v) is 4.94. The van der Waals surface area contributed by atoms with E-state index >= 15 is 0 Å². The van der Waals surface area contributed by atoms with Crippen LogP contribution in [-0.4, -0.2) is 17.9 Å². The zero-order valence-electron chi connectivity index (χ0n) is 8.52. The van der Waals surface area contributed by atoms with Crippen LogP contribution < -0.4 is 11.1 Å². The van der Waals surface area contributed by atoms with Crippen molar-refractivity contribution >= 4 is 6.21 Å². The molecule has 14 heavy (non-hydrogen) atoms. The first-order valence-electron chi connectivity index (χ1n) is 4.94. The van der Waals surface area contributed by atoms with Crippen molar-refractivity contribution in [3.63, 3.8) is 0 Å². The van der Waals surface area contributed by atoms with E-state index in [1.165, 1.54) is 0 Å². The molecule has 0 aromatic rings. The Morgan fingerprint density at radius 2 is 2.14 bits per heavy atom. The number of allylic oxidation sites excluding steroid dienone is 1. The van der Waals surface area contributed by atoms with Gasteiger partial charge in [0.05, 0.1) is 5.70 Å². The third-order valence-electron chi connectivity index (χ3n) is 2.68. The Bertz CT molecular complexity index is 226. The molecule has 1 saturated carbocycles. The van der Waals surface area contributed by atoms with Crippen molar-refractivity contribution < 1.29 is 4.39 Å². The van der Waals surface area contributed by atoms with E-state index in [9.17, 15) is 4.39 Å². The topological polar surface area (TPSA) is 61.9 Å². The van der Waals surface area contributed by atoms with Gasteiger partial charge in [0.2, 0.25) is 0 Å². The molecule has 0 spiro atoms. The minimum absolute atomic E-state index is 0.303. The van der Waals surface area contributed by atoms with Gasteiger partial charge >= 0.3 is 0 Å². The highest BCUT2D eigenvalue weighted by Crippen LogP contribution is 2.31. The summed E-state index contributed by atoms with van der Waals surface area (Å²) >= 11 is 0. The molecule has 4 N–H and O–H groups in total. The lowest BCUT2D eigenvalue weighted by Crippen LogP contribution is -2.35. The van der Waals surface area contributed by atoms with Crippen LogP contribution >= 0.6 is 0 Å². The van der Waals surface area contributed by atoms with Gasteiger partial charge in [-0.25, -0.2) is 4.39 Å². The molecule has 1 aliphatic carbocycles. The molecule has 0 aromatic heterocycles. The van der Waals surface area contributed by atoms with E-state index in [4.69, 9.17) is 11.1 Å². The van der Waals surface area contributed by atoms with Gasteiger partial charge in [0.25, 0.3) is 0 Å². The first-order chi connectivity index (χ1) is 6.53. The molecule has 0 atom stereocenters. The summed E-state index contributed by atoms with van der Waals surface area (Å²) in [6.45, 7) is 1.66. The fraction of sp³-hybridized carbons (Fsp3) is 0.700. The molecule has 0 radical (unpaired) electrons. The van der Waals surface area contributed by atoms with Gasteiger partial charge in [-0.2, -0.15) is 0 Å². The Balaban J connectivity index is 2.33. The average molecular weight is 199 g/mol. The third kappa shape index (κ3) is 3.36. The van der Waals surface area contributed by atoms with E-state index in [2.05, 4.69) is 5.32 Å². The van der Waals surface area contributed by atoms with E-state index in [1.54, 1.807) is 13.1 Å². The molecule has 3 nitrogen and oxygen atoms in total. The fourth-order valence-electron chi connectivity index (χ4n) is 1.64. The molecule has 1 rings (SSSR count). The fourth-order valence-corrected chi connectivity index (χ4v) is 1.64. The van der Waals surface area contributed by atoms with E-state index in [0.29, 0.717) is 24.6 Å². The normalized spacial score (nSPS) is 33.9. The van der Waals surface area contributed by atoms with Crippen LogP contribution in [0.5, 0.6) is 0 Å². The monoisotopic (exact) mass is 199 g/mol. The Morgan fingerprint density at radius 1 is 1.57 bits per heavy atom. The molecular weight excluding hydrogens is 181 g/mol.